The standard InChI is InChI=1S/C42H26N2S/c1-3-12-27(13-4-1)36-26-35(34-22-21-29-16-11-25-43-41(29)42(34)44-36)37-23-24-38(45-37)40-32-19-9-7-17-30(32)39(28-14-5-2-6-15-28)31-18-8-10-20-33(31)40/h1-26H. The van der Waals surface area contributed by atoms with Crippen LogP contribution in [0.2, 0.25) is 0 Å². The fourth-order valence-corrected chi connectivity index (χ4v) is 7.82. The van der Waals surface area contributed by atoms with Gasteiger partial charge in [0.25, 0.3) is 0 Å². The van der Waals surface area contributed by atoms with E-state index in [-0.39, 0.29) is 0 Å². The summed E-state index contributed by atoms with van der Waals surface area (Å²) in [5, 5.41) is 7.28. The molecule has 3 heterocycles. The smallest absolute Gasteiger partial charge is 0.0978 e. The van der Waals surface area contributed by atoms with Crippen LogP contribution in [0.3, 0.4) is 0 Å². The van der Waals surface area contributed by atoms with Gasteiger partial charge in [-0.2, -0.15) is 0 Å². The van der Waals surface area contributed by atoms with Crippen molar-refractivity contribution >= 4 is 54.7 Å². The third kappa shape index (κ3) is 4.24. The highest BCUT2D eigenvalue weighted by Crippen LogP contribution is 2.47. The number of pyridine rings is 2. The molecule has 210 valence electrons. The summed E-state index contributed by atoms with van der Waals surface area (Å²) >= 11 is 1.85. The molecule has 6 aromatic carbocycles. The van der Waals surface area contributed by atoms with Gasteiger partial charge in [0.15, 0.2) is 0 Å². The lowest BCUT2D eigenvalue weighted by molar-refractivity contribution is 1.37. The normalized spacial score (nSPS) is 11.6. The predicted molar refractivity (Wildman–Crippen MR) is 192 cm³/mol. The highest BCUT2D eigenvalue weighted by atomic mass is 32.1. The first-order valence-corrected chi connectivity index (χ1v) is 16.0. The zero-order chi connectivity index (χ0) is 29.7. The Hall–Kier alpha value is -5.64. The van der Waals surface area contributed by atoms with E-state index in [9.17, 15) is 0 Å². The van der Waals surface area contributed by atoms with E-state index in [1.165, 1.54) is 53.6 Å². The fourth-order valence-electron chi connectivity index (χ4n) is 6.71. The Morgan fingerprint density at radius 2 is 1.02 bits per heavy atom. The Morgan fingerprint density at radius 1 is 0.422 bits per heavy atom. The second-order valence-corrected chi connectivity index (χ2v) is 12.4. The van der Waals surface area contributed by atoms with E-state index < -0.39 is 0 Å². The summed E-state index contributed by atoms with van der Waals surface area (Å²) in [5.41, 5.74) is 8.90. The molecule has 0 fully saturated rings. The molecule has 0 saturated carbocycles. The van der Waals surface area contributed by atoms with Crippen molar-refractivity contribution in [2.45, 2.75) is 0 Å². The van der Waals surface area contributed by atoms with Crippen LogP contribution in [0.1, 0.15) is 0 Å². The highest BCUT2D eigenvalue weighted by molar-refractivity contribution is 7.19. The van der Waals surface area contributed by atoms with E-state index in [4.69, 9.17) is 9.97 Å². The van der Waals surface area contributed by atoms with Crippen molar-refractivity contribution in [3.05, 3.63) is 158 Å². The molecule has 0 saturated heterocycles. The first-order chi connectivity index (χ1) is 22.3. The van der Waals surface area contributed by atoms with Gasteiger partial charge in [0, 0.05) is 43.4 Å². The molecule has 0 N–H and O–H groups in total. The van der Waals surface area contributed by atoms with Gasteiger partial charge in [0.05, 0.1) is 16.7 Å². The van der Waals surface area contributed by atoms with Crippen molar-refractivity contribution in [1.29, 1.82) is 0 Å². The summed E-state index contributed by atoms with van der Waals surface area (Å²) in [7, 11) is 0. The molecule has 3 aromatic heterocycles. The maximum Gasteiger partial charge on any atom is 0.0978 e. The zero-order valence-corrected chi connectivity index (χ0v) is 25.1. The van der Waals surface area contributed by atoms with Crippen molar-refractivity contribution in [2.24, 2.45) is 0 Å². The van der Waals surface area contributed by atoms with E-state index >= 15 is 0 Å². The number of benzene rings is 6. The van der Waals surface area contributed by atoms with Crippen LogP contribution in [-0.2, 0) is 0 Å². The number of hydrogen-bond acceptors (Lipinski definition) is 3. The molecular weight excluding hydrogens is 565 g/mol. The van der Waals surface area contributed by atoms with Gasteiger partial charge >= 0.3 is 0 Å². The van der Waals surface area contributed by atoms with Crippen LogP contribution in [0.5, 0.6) is 0 Å². The van der Waals surface area contributed by atoms with Crippen LogP contribution in [0.4, 0.5) is 0 Å². The van der Waals surface area contributed by atoms with Crippen LogP contribution in [0.25, 0.3) is 86.6 Å². The average Bonchev–Trinajstić information content (AvgIpc) is 3.60. The minimum atomic E-state index is 0.930. The van der Waals surface area contributed by atoms with Gasteiger partial charge in [-0.25, -0.2) is 4.98 Å². The molecule has 3 heteroatoms. The Bertz CT molecular complexity index is 2470. The summed E-state index contributed by atoms with van der Waals surface area (Å²) in [5.74, 6) is 0. The molecule has 0 aliphatic heterocycles. The van der Waals surface area contributed by atoms with Crippen molar-refractivity contribution < 1.29 is 0 Å². The average molecular weight is 591 g/mol. The molecule has 2 nitrogen and oxygen atoms in total. The topological polar surface area (TPSA) is 25.8 Å². The number of fused-ring (bicyclic) bond motifs is 5. The summed E-state index contributed by atoms with van der Waals surface area (Å²) in [4.78, 5) is 12.4. The lowest BCUT2D eigenvalue weighted by Gasteiger charge is -2.16. The Morgan fingerprint density at radius 3 is 1.71 bits per heavy atom. The maximum absolute atomic E-state index is 5.19. The van der Waals surface area contributed by atoms with Gasteiger partial charge in [-0.1, -0.05) is 127 Å². The number of nitrogens with zero attached hydrogens (tertiary/aromatic N) is 2. The first kappa shape index (κ1) is 25.8. The van der Waals surface area contributed by atoms with E-state index in [0.29, 0.717) is 0 Å². The largest absolute Gasteiger partial charge is 0.254 e. The molecule has 0 unspecified atom stereocenters. The maximum atomic E-state index is 5.19. The number of rotatable bonds is 4. The first-order valence-electron chi connectivity index (χ1n) is 15.2. The Kier molecular flexibility index (Phi) is 6.03. The van der Waals surface area contributed by atoms with Gasteiger partial charge in [0.1, 0.15) is 0 Å². The van der Waals surface area contributed by atoms with Gasteiger partial charge in [-0.05, 0) is 56.9 Å². The SMILES string of the molecule is c1ccc(-c2cc(-c3ccc(-c4c5ccccc5c(-c5ccccc5)c5ccccc45)s3)c3ccc4cccnc4c3n2)cc1. The predicted octanol–water partition coefficient (Wildman–Crippen LogP) is 11.8. The molecule has 0 bridgehead atoms. The molecule has 0 amide bonds. The zero-order valence-electron chi connectivity index (χ0n) is 24.3. The molecule has 0 spiro atoms. The summed E-state index contributed by atoms with van der Waals surface area (Å²) in [6, 6.07) is 54.2. The molecule has 0 radical (unpaired) electrons. The van der Waals surface area contributed by atoms with E-state index in [2.05, 4.69) is 140 Å². The van der Waals surface area contributed by atoms with E-state index in [1.807, 2.05) is 29.7 Å². The van der Waals surface area contributed by atoms with Crippen LogP contribution >= 0.6 is 11.3 Å². The van der Waals surface area contributed by atoms with Gasteiger partial charge in [-0.3, -0.25) is 4.98 Å². The van der Waals surface area contributed by atoms with E-state index in [1.54, 1.807) is 0 Å². The van der Waals surface area contributed by atoms with Crippen LogP contribution in [0.15, 0.2) is 158 Å². The van der Waals surface area contributed by atoms with Crippen LogP contribution in [0, 0.1) is 0 Å². The number of aromatic nitrogens is 2. The highest BCUT2D eigenvalue weighted by Gasteiger charge is 2.19. The monoisotopic (exact) mass is 590 g/mol. The number of thiophene rings is 1. The van der Waals surface area contributed by atoms with Crippen molar-refractivity contribution in [3.63, 3.8) is 0 Å². The second kappa shape index (κ2) is 10.5. The second-order valence-electron chi connectivity index (χ2n) is 11.3. The fraction of sp³-hybridized carbons (Fsp3) is 0. The summed E-state index contributed by atoms with van der Waals surface area (Å²) < 4.78 is 0. The third-order valence-electron chi connectivity index (χ3n) is 8.73. The molecule has 45 heavy (non-hydrogen) atoms. The van der Waals surface area contributed by atoms with Gasteiger partial charge < -0.3 is 0 Å². The summed E-state index contributed by atoms with van der Waals surface area (Å²) in [6.07, 6.45) is 1.86. The molecule has 0 aliphatic carbocycles. The molecular formula is C42H26N2S. The van der Waals surface area contributed by atoms with Crippen molar-refractivity contribution in [3.8, 4) is 43.3 Å². The lowest BCUT2D eigenvalue weighted by Crippen LogP contribution is -1.91. The minimum absolute atomic E-state index is 0.930. The van der Waals surface area contributed by atoms with Crippen molar-refractivity contribution in [1.82, 2.24) is 9.97 Å². The number of hydrogen-bond donors (Lipinski definition) is 0. The lowest BCUT2D eigenvalue weighted by atomic mass is 9.88. The third-order valence-corrected chi connectivity index (χ3v) is 9.87. The van der Waals surface area contributed by atoms with Crippen LogP contribution in [-0.4, -0.2) is 9.97 Å². The van der Waals surface area contributed by atoms with Gasteiger partial charge in [-0.15, -0.1) is 11.3 Å². The molecule has 9 aromatic rings. The summed E-state index contributed by atoms with van der Waals surface area (Å²) in [6.45, 7) is 0. The molecule has 0 aliphatic rings. The minimum Gasteiger partial charge on any atom is -0.254 e. The Labute approximate surface area is 264 Å². The quantitative estimate of drug-likeness (QED) is 0.150. The Balaban J connectivity index is 1.31. The van der Waals surface area contributed by atoms with Crippen molar-refractivity contribution in [2.75, 3.05) is 0 Å². The molecule has 0 atom stereocenters. The van der Waals surface area contributed by atoms with Gasteiger partial charge in [0.2, 0.25) is 0 Å². The van der Waals surface area contributed by atoms with Crippen LogP contribution < -0.4 is 0 Å². The molecule has 9 rings (SSSR count). The van der Waals surface area contributed by atoms with E-state index in [0.717, 1.165) is 33.1 Å².